The van der Waals surface area contributed by atoms with Gasteiger partial charge in [0, 0.05) is 12.3 Å². The van der Waals surface area contributed by atoms with Crippen LogP contribution in [0.2, 0.25) is 5.15 Å². The second-order valence-electron chi connectivity index (χ2n) is 3.59. The van der Waals surface area contributed by atoms with Gasteiger partial charge in [0.1, 0.15) is 5.15 Å². The summed E-state index contributed by atoms with van der Waals surface area (Å²) in [5.41, 5.74) is 1.53. The van der Waals surface area contributed by atoms with Crippen LogP contribution in [0.15, 0.2) is 48.0 Å². The molecule has 0 radical (unpaired) electrons. The summed E-state index contributed by atoms with van der Waals surface area (Å²) in [6, 6.07) is 11.3. The minimum absolute atomic E-state index is 0.425. The van der Waals surface area contributed by atoms with Crippen molar-refractivity contribution in [3.05, 3.63) is 53.1 Å². The van der Waals surface area contributed by atoms with Crippen molar-refractivity contribution in [1.29, 1.82) is 0 Å². The van der Waals surface area contributed by atoms with Crippen LogP contribution in [0.5, 0.6) is 0 Å². The Balaban J connectivity index is 2.12. The van der Waals surface area contributed by atoms with Gasteiger partial charge in [0.2, 0.25) is 0 Å². The van der Waals surface area contributed by atoms with Crippen LogP contribution in [-0.4, -0.2) is 15.0 Å². The van der Waals surface area contributed by atoms with Gasteiger partial charge >= 0.3 is 0 Å². The lowest BCUT2D eigenvalue weighted by molar-refractivity contribution is 1.17. The lowest BCUT2D eigenvalue weighted by Gasteiger charge is -2.03. The molecule has 0 aliphatic heterocycles. The summed E-state index contributed by atoms with van der Waals surface area (Å²) in [5, 5.41) is 2.41. The molecule has 0 aliphatic rings. The van der Waals surface area contributed by atoms with E-state index in [4.69, 9.17) is 11.6 Å². The summed E-state index contributed by atoms with van der Waals surface area (Å²) in [7, 11) is 0. The summed E-state index contributed by atoms with van der Waals surface area (Å²) in [4.78, 5) is 14.0. The van der Waals surface area contributed by atoms with Gasteiger partial charge in [0.15, 0.2) is 5.82 Å². The number of rotatable bonds is 2. The average Bonchev–Trinajstić information content (AvgIpc) is 2.93. The number of halogens is 1. The topological polar surface area (TPSA) is 38.7 Å². The molecule has 0 saturated carbocycles. The third-order valence-electron chi connectivity index (χ3n) is 2.36. The number of pyridine rings is 1. The molecule has 3 aromatic rings. The standard InChI is InChI=1S/C13H8ClN3S/c14-12-8-10(9-4-1-2-6-15-9)16-13(17-12)11-5-3-7-18-11/h1-8H. The summed E-state index contributed by atoms with van der Waals surface area (Å²) in [5.74, 6) is 0.637. The Bertz CT molecular complexity index is 653. The van der Waals surface area contributed by atoms with Crippen LogP contribution in [0.3, 0.4) is 0 Å². The second-order valence-corrected chi connectivity index (χ2v) is 4.93. The van der Waals surface area contributed by atoms with Gasteiger partial charge in [-0.05, 0) is 23.6 Å². The van der Waals surface area contributed by atoms with Crippen molar-refractivity contribution in [3.8, 4) is 22.1 Å². The summed E-state index contributed by atoms with van der Waals surface area (Å²) in [6.45, 7) is 0. The normalized spacial score (nSPS) is 10.5. The minimum Gasteiger partial charge on any atom is -0.255 e. The van der Waals surface area contributed by atoms with Crippen molar-refractivity contribution in [2.45, 2.75) is 0 Å². The zero-order chi connectivity index (χ0) is 12.4. The van der Waals surface area contributed by atoms with Crippen molar-refractivity contribution in [3.63, 3.8) is 0 Å². The molecule has 0 fully saturated rings. The number of hydrogen-bond acceptors (Lipinski definition) is 4. The first-order valence-corrected chi connectivity index (χ1v) is 6.58. The highest BCUT2D eigenvalue weighted by atomic mass is 35.5. The van der Waals surface area contributed by atoms with E-state index in [9.17, 15) is 0 Å². The highest BCUT2D eigenvalue weighted by Crippen LogP contribution is 2.25. The molecule has 18 heavy (non-hydrogen) atoms. The fourth-order valence-corrected chi connectivity index (χ4v) is 2.42. The van der Waals surface area contributed by atoms with E-state index in [0.717, 1.165) is 16.3 Å². The van der Waals surface area contributed by atoms with Gasteiger partial charge in [-0.15, -0.1) is 11.3 Å². The van der Waals surface area contributed by atoms with Crippen LogP contribution in [0.1, 0.15) is 0 Å². The highest BCUT2D eigenvalue weighted by Gasteiger charge is 2.08. The maximum atomic E-state index is 6.04. The largest absolute Gasteiger partial charge is 0.255 e. The van der Waals surface area contributed by atoms with Gasteiger partial charge < -0.3 is 0 Å². The molecule has 0 aliphatic carbocycles. The molecule has 3 heterocycles. The predicted molar refractivity (Wildman–Crippen MR) is 73.6 cm³/mol. The predicted octanol–water partition coefficient (Wildman–Crippen LogP) is 3.92. The van der Waals surface area contributed by atoms with E-state index in [-0.39, 0.29) is 0 Å². The van der Waals surface area contributed by atoms with Gasteiger partial charge in [-0.2, -0.15) is 0 Å². The maximum Gasteiger partial charge on any atom is 0.171 e. The lowest BCUT2D eigenvalue weighted by atomic mass is 10.2. The van der Waals surface area contributed by atoms with Gasteiger partial charge in [-0.1, -0.05) is 23.7 Å². The molecule has 0 amide bonds. The van der Waals surface area contributed by atoms with Crippen LogP contribution in [-0.2, 0) is 0 Å². The van der Waals surface area contributed by atoms with Crippen molar-refractivity contribution < 1.29 is 0 Å². The van der Waals surface area contributed by atoms with Gasteiger partial charge in [-0.3, -0.25) is 4.98 Å². The van der Waals surface area contributed by atoms with Crippen LogP contribution >= 0.6 is 22.9 Å². The van der Waals surface area contributed by atoms with E-state index < -0.39 is 0 Å². The third kappa shape index (κ3) is 2.25. The summed E-state index contributed by atoms with van der Waals surface area (Å²) >= 11 is 7.63. The SMILES string of the molecule is Clc1cc(-c2ccccn2)nc(-c2cccs2)n1. The van der Waals surface area contributed by atoms with Crippen molar-refractivity contribution in [2.75, 3.05) is 0 Å². The first-order valence-electron chi connectivity index (χ1n) is 5.33. The van der Waals surface area contributed by atoms with E-state index in [1.165, 1.54) is 0 Å². The second kappa shape index (κ2) is 4.84. The molecule has 3 aromatic heterocycles. The van der Waals surface area contributed by atoms with Crippen LogP contribution in [0.4, 0.5) is 0 Å². The van der Waals surface area contributed by atoms with Crippen molar-refractivity contribution in [1.82, 2.24) is 15.0 Å². The molecular weight excluding hydrogens is 266 g/mol. The zero-order valence-electron chi connectivity index (χ0n) is 9.25. The Labute approximate surface area is 113 Å². The zero-order valence-corrected chi connectivity index (χ0v) is 10.8. The molecule has 3 nitrogen and oxygen atoms in total. The van der Waals surface area contributed by atoms with E-state index in [2.05, 4.69) is 15.0 Å². The molecule has 0 N–H and O–H groups in total. The van der Waals surface area contributed by atoms with E-state index in [0.29, 0.717) is 11.0 Å². The summed E-state index contributed by atoms with van der Waals surface area (Å²) in [6.07, 6.45) is 1.73. The third-order valence-corrected chi connectivity index (χ3v) is 3.42. The number of thiophene rings is 1. The Morgan fingerprint density at radius 2 is 1.94 bits per heavy atom. The quantitative estimate of drug-likeness (QED) is 0.664. The Morgan fingerprint density at radius 3 is 2.67 bits per heavy atom. The molecule has 0 spiro atoms. The first-order chi connectivity index (χ1) is 8.83. The number of aromatic nitrogens is 3. The molecule has 0 atom stereocenters. The molecule has 0 bridgehead atoms. The van der Waals surface area contributed by atoms with E-state index in [1.807, 2.05) is 35.7 Å². The molecule has 5 heteroatoms. The Morgan fingerprint density at radius 1 is 1.00 bits per heavy atom. The van der Waals surface area contributed by atoms with Gasteiger partial charge in [0.25, 0.3) is 0 Å². The molecule has 3 rings (SSSR count). The first kappa shape index (κ1) is 11.3. The summed E-state index contributed by atoms with van der Waals surface area (Å²) < 4.78 is 0. The van der Waals surface area contributed by atoms with Crippen molar-refractivity contribution in [2.24, 2.45) is 0 Å². The number of hydrogen-bond donors (Lipinski definition) is 0. The molecule has 0 aromatic carbocycles. The van der Waals surface area contributed by atoms with E-state index >= 15 is 0 Å². The van der Waals surface area contributed by atoms with Crippen molar-refractivity contribution >= 4 is 22.9 Å². The molecule has 0 unspecified atom stereocenters. The lowest BCUT2D eigenvalue weighted by Crippen LogP contribution is -1.92. The van der Waals surface area contributed by atoms with Crippen LogP contribution < -0.4 is 0 Å². The maximum absolute atomic E-state index is 6.04. The van der Waals surface area contributed by atoms with Crippen LogP contribution in [0, 0.1) is 0 Å². The molecular formula is C13H8ClN3S. The van der Waals surface area contributed by atoms with Gasteiger partial charge in [0.05, 0.1) is 16.3 Å². The Hall–Kier alpha value is -1.78. The molecule has 0 saturated heterocycles. The Kier molecular flexibility index (Phi) is 3.04. The smallest absolute Gasteiger partial charge is 0.171 e. The average molecular weight is 274 g/mol. The minimum atomic E-state index is 0.425. The van der Waals surface area contributed by atoms with Gasteiger partial charge in [-0.25, -0.2) is 9.97 Å². The number of nitrogens with zero attached hydrogens (tertiary/aromatic N) is 3. The molecule has 88 valence electrons. The van der Waals surface area contributed by atoms with E-state index in [1.54, 1.807) is 23.6 Å². The van der Waals surface area contributed by atoms with Crippen LogP contribution in [0.25, 0.3) is 22.1 Å². The highest BCUT2D eigenvalue weighted by molar-refractivity contribution is 7.13. The monoisotopic (exact) mass is 273 g/mol. The fraction of sp³-hybridized carbons (Fsp3) is 0. The fourth-order valence-electron chi connectivity index (χ4n) is 1.58.